The number of halogens is 4. The van der Waals surface area contributed by atoms with E-state index < -0.39 is 40.5 Å². The number of carbonyl (C=O) groups excluding carboxylic acids is 1. The number of rotatable bonds is 7. The number of sulfonamides is 1. The molecule has 2 aromatic carbocycles. The number of thiazole rings is 1. The normalized spacial score (nSPS) is 18.5. The minimum absolute atomic E-state index is 0.0766. The molecular weight excluding hydrogens is 627 g/mol. The second kappa shape index (κ2) is 11.5. The number of carbonyl (C=O) groups is 1. The highest BCUT2D eigenvalue weighted by molar-refractivity contribution is 7.90. The zero-order chi connectivity index (χ0) is 30.3. The van der Waals surface area contributed by atoms with E-state index in [-0.39, 0.29) is 22.9 Å². The second-order valence-electron chi connectivity index (χ2n) is 9.61. The highest BCUT2D eigenvalue weighted by atomic mass is 35.5. The molecule has 0 spiro atoms. The van der Waals surface area contributed by atoms with Crippen LogP contribution in [0.3, 0.4) is 0 Å². The highest BCUT2D eigenvalue weighted by Gasteiger charge is 2.41. The molecule has 0 saturated carbocycles. The summed E-state index contributed by atoms with van der Waals surface area (Å²) in [6.07, 6.45) is 4.23. The fraction of sp³-hybridized carbons (Fsp3) is 0.185. The van der Waals surface area contributed by atoms with Crippen molar-refractivity contribution in [2.24, 2.45) is 4.99 Å². The zero-order valence-corrected chi connectivity index (χ0v) is 24.3. The van der Waals surface area contributed by atoms with Gasteiger partial charge in [-0.15, -0.1) is 11.3 Å². The van der Waals surface area contributed by atoms with Gasteiger partial charge in [0.1, 0.15) is 11.9 Å². The lowest BCUT2D eigenvalue weighted by atomic mass is 9.90. The summed E-state index contributed by atoms with van der Waals surface area (Å²) < 4.78 is 69.0. The van der Waals surface area contributed by atoms with Gasteiger partial charge >= 0.3 is 12.6 Å². The number of fused-ring (bicyclic) bond motifs is 1. The summed E-state index contributed by atoms with van der Waals surface area (Å²) >= 11 is 7.79. The Balaban J connectivity index is 1.40. The van der Waals surface area contributed by atoms with Gasteiger partial charge in [-0.1, -0.05) is 35.9 Å². The van der Waals surface area contributed by atoms with Crippen LogP contribution in [0.1, 0.15) is 35.1 Å². The second-order valence-corrected chi connectivity index (χ2v) is 12.6. The molecule has 2 N–H and O–H groups in total. The van der Waals surface area contributed by atoms with Crippen molar-refractivity contribution in [1.29, 1.82) is 0 Å². The van der Waals surface area contributed by atoms with Crippen LogP contribution in [0.4, 0.5) is 18.0 Å². The summed E-state index contributed by atoms with van der Waals surface area (Å²) in [5, 5.41) is 8.88. The average Bonchev–Trinajstić information content (AvgIpc) is 3.74. The van der Waals surface area contributed by atoms with E-state index in [1.165, 1.54) is 60.1 Å². The standard InChI is InChI=1S/C27H21ClF3N7O3S2/c28-20-10-16(29)6-7-19(20)23-22(15-12-33-38(13-15)26(30)31)21-11-17(14-37(21)24(35-23)25-32-8-9-42-25)34-27(39)36-43(40,41)18-4-2-1-3-5-18/h1-10,12-13,17,23,26H,11,14H2,(H2,34,36,39)/t17-,23-/m0/s1. The van der Waals surface area contributed by atoms with Crippen LogP contribution in [-0.2, 0) is 10.0 Å². The first-order chi connectivity index (χ1) is 20.6. The summed E-state index contributed by atoms with van der Waals surface area (Å²) in [6.45, 7) is -2.72. The molecule has 1 fully saturated rings. The van der Waals surface area contributed by atoms with Gasteiger partial charge in [0.05, 0.1) is 17.1 Å². The average molecular weight is 648 g/mol. The fourth-order valence-electron chi connectivity index (χ4n) is 5.08. The maximum atomic E-state index is 14.0. The number of amides is 2. The van der Waals surface area contributed by atoms with Gasteiger partial charge in [0.15, 0.2) is 10.8 Å². The molecule has 2 aliphatic rings. The van der Waals surface area contributed by atoms with Gasteiger partial charge in [-0.3, -0.25) is 4.99 Å². The minimum Gasteiger partial charge on any atom is -0.332 e. The van der Waals surface area contributed by atoms with Crippen LogP contribution in [0.15, 0.2) is 88.1 Å². The number of benzene rings is 2. The van der Waals surface area contributed by atoms with E-state index in [9.17, 15) is 26.4 Å². The van der Waals surface area contributed by atoms with Crippen LogP contribution < -0.4 is 10.0 Å². The number of hydrogen-bond donors (Lipinski definition) is 2. The lowest BCUT2D eigenvalue weighted by Gasteiger charge is -2.32. The molecule has 4 aromatic rings. The van der Waals surface area contributed by atoms with E-state index in [0.717, 1.165) is 6.07 Å². The quantitative estimate of drug-likeness (QED) is 0.284. The van der Waals surface area contributed by atoms with Gasteiger partial charge in [0.25, 0.3) is 10.0 Å². The van der Waals surface area contributed by atoms with Crippen LogP contribution in [0, 0.1) is 5.82 Å². The Morgan fingerprint density at radius 2 is 1.95 bits per heavy atom. The first-order valence-corrected chi connectivity index (χ1v) is 15.5. The first-order valence-electron chi connectivity index (χ1n) is 12.7. The lowest BCUT2D eigenvalue weighted by Crippen LogP contribution is -2.45. The molecule has 43 heavy (non-hydrogen) atoms. The van der Waals surface area contributed by atoms with E-state index in [2.05, 4.69) is 15.4 Å². The third kappa shape index (κ3) is 5.75. The van der Waals surface area contributed by atoms with Gasteiger partial charge in [0, 0.05) is 52.6 Å². The molecule has 4 heterocycles. The predicted octanol–water partition coefficient (Wildman–Crippen LogP) is 5.20. The van der Waals surface area contributed by atoms with Gasteiger partial charge in [0.2, 0.25) is 0 Å². The monoisotopic (exact) mass is 647 g/mol. The number of nitrogens with zero attached hydrogens (tertiary/aromatic N) is 5. The van der Waals surface area contributed by atoms with E-state index >= 15 is 0 Å². The van der Waals surface area contributed by atoms with E-state index in [1.54, 1.807) is 22.5 Å². The Labute approximate surface area is 252 Å². The van der Waals surface area contributed by atoms with Crippen LogP contribution in [0.2, 0.25) is 5.02 Å². The molecular formula is C27H21ClF3N7O3S2. The van der Waals surface area contributed by atoms with Crippen molar-refractivity contribution < 1.29 is 26.4 Å². The van der Waals surface area contributed by atoms with E-state index in [1.807, 2.05) is 4.72 Å². The van der Waals surface area contributed by atoms with Crippen LogP contribution >= 0.6 is 22.9 Å². The highest BCUT2D eigenvalue weighted by Crippen LogP contribution is 2.46. The molecule has 0 aliphatic carbocycles. The Kier molecular flexibility index (Phi) is 7.70. The third-order valence-electron chi connectivity index (χ3n) is 6.87. The largest absolute Gasteiger partial charge is 0.333 e. The summed E-state index contributed by atoms with van der Waals surface area (Å²) in [5.74, 6) is -0.126. The van der Waals surface area contributed by atoms with Crippen molar-refractivity contribution in [3.05, 3.63) is 105 Å². The summed E-state index contributed by atoms with van der Waals surface area (Å²) in [6, 6.07) is 8.88. The SMILES string of the molecule is O=C(N[C@H]1CC2=C(c3cnn(C(F)F)c3)[C@H](c3ccc(F)cc3Cl)N=C(c3nccs3)N2C1)NS(=O)(=O)c1ccccc1. The molecule has 0 bridgehead atoms. The topological polar surface area (TPSA) is 122 Å². The van der Waals surface area contributed by atoms with Crippen molar-refractivity contribution in [3.63, 3.8) is 0 Å². The number of amidine groups is 1. The summed E-state index contributed by atoms with van der Waals surface area (Å²) in [7, 11) is -4.13. The van der Waals surface area contributed by atoms with E-state index in [0.29, 0.717) is 37.9 Å². The fourth-order valence-corrected chi connectivity index (χ4v) is 6.92. The Morgan fingerprint density at radius 1 is 1.16 bits per heavy atom. The molecule has 0 unspecified atom stereocenters. The molecule has 2 aromatic heterocycles. The van der Waals surface area contributed by atoms with Gasteiger partial charge < -0.3 is 10.2 Å². The predicted molar refractivity (Wildman–Crippen MR) is 154 cm³/mol. The van der Waals surface area contributed by atoms with Crippen molar-refractivity contribution in [2.75, 3.05) is 6.54 Å². The van der Waals surface area contributed by atoms with Gasteiger partial charge in [-0.2, -0.15) is 13.9 Å². The Hall–Kier alpha value is -4.21. The number of aliphatic imine (C=N–C) groups is 1. The molecule has 0 radical (unpaired) electrons. The summed E-state index contributed by atoms with van der Waals surface area (Å²) in [5.41, 5.74) is 1.83. The smallest absolute Gasteiger partial charge is 0.332 e. The number of aromatic nitrogens is 3. The molecule has 6 rings (SSSR count). The molecule has 222 valence electrons. The maximum absolute atomic E-state index is 14.0. The Bertz CT molecular complexity index is 1850. The van der Waals surface area contributed by atoms with Crippen LogP contribution in [0.25, 0.3) is 5.57 Å². The zero-order valence-electron chi connectivity index (χ0n) is 21.9. The maximum Gasteiger partial charge on any atom is 0.333 e. The van der Waals surface area contributed by atoms with Crippen LogP contribution in [-0.4, -0.2) is 52.5 Å². The molecule has 10 nitrogen and oxygen atoms in total. The van der Waals surface area contributed by atoms with E-state index in [4.69, 9.17) is 16.6 Å². The molecule has 2 amide bonds. The van der Waals surface area contributed by atoms with Gasteiger partial charge in [-0.05, 0) is 29.8 Å². The Morgan fingerprint density at radius 3 is 2.63 bits per heavy atom. The summed E-state index contributed by atoms with van der Waals surface area (Å²) in [4.78, 5) is 23.9. The van der Waals surface area contributed by atoms with Crippen LogP contribution in [0.5, 0.6) is 0 Å². The van der Waals surface area contributed by atoms with Crippen molar-refractivity contribution in [2.45, 2.75) is 29.9 Å². The number of nitrogens with one attached hydrogen (secondary N) is 2. The number of urea groups is 1. The lowest BCUT2D eigenvalue weighted by molar-refractivity contribution is 0.0566. The van der Waals surface area contributed by atoms with Crippen molar-refractivity contribution in [3.8, 4) is 0 Å². The molecule has 2 atom stereocenters. The number of alkyl halides is 2. The molecule has 16 heteroatoms. The van der Waals surface area contributed by atoms with Crippen molar-refractivity contribution >= 4 is 50.4 Å². The van der Waals surface area contributed by atoms with Gasteiger partial charge in [-0.25, -0.2) is 32.0 Å². The third-order valence-corrected chi connectivity index (χ3v) is 9.31. The minimum atomic E-state index is -4.13. The number of hydrogen-bond acceptors (Lipinski definition) is 8. The first kappa shape index (κ1) is 28.9. The van der Waals surface area contributed by atoms with Crippen molar-refractivity contribution in [1.82, 2.24) is 29.7 Å². The molecule has 2 aliphatic heterocycles. The molecule has 1 saturated heterocycles.